The van der Waals surface area contributed by atoms with E-state index in [1.165, 1.54) is 18.4 Å². The van der Waals surface area contributed by atoms with E-state index in [0.717, 1.165) is 32.4 Å². The Kier molecular flexibility index (Phi) is 4.36. The van der Waals surface area contributed by atoms with Crippen molar-refractivity contribution in [3.63, 3.8) is 0 Å². The molecule has 1 unspecified atom stereocenters. The molecular formula is C12H21N3O. The lowest BCUT2D eigenvalue weighted by molar-refractivity contribution is 0.101. The van der Waals surface area contributed by atoms with E-state index in [9.17, 15) is 0 Å². The molecule has 1 aliphatic rings. The van der Waals surface area contributed by atoms with E-state index in [0.29, 0.717) is 12.6 Å². The predicted octanol–water partition coefficient (Wildman–Crippen LogP) is 1.34. The van der Waals surface area contributed by atoms with Gasteiger partial charge in [-0.05, 0) is 44.2 Å². The maximum absolute atomic E-state index is 5.59. The lowest BCUT2D eigenvalue weighted by Crippen LogP contribution is -2.07. The molecule has 4 nitrogen and oxygen atoms in total. The van der Waals surface area contributed by atoms with Gasteiger partial charge >= 0.3 is 0 Å². The minimum absolute atomic E-state index is 0.499. The molecule has 0 radical (unpaired) electrons. The van der Waals surface area contributed by atoms with E-state index in [-0.39, 0.29) is 0 Å². The first kappa shape index (κ1) is 11.6. The molecule has 2 rings (SSSR count). The summed E-state index contributed by atoms with van der Waals surface area (Å²) < 4.78 is 7.60. The van der Waals surface area contributed by atoms with Crippen LogP contribution in [0.15, 0.2) is 12.4 Å². The van der Waals surface area contributed by atoms with Crippen LogP contribution in [0, 0.1) is 0 Å². The van der Waals surface area contributed by atoms with Crippen molar-refractivity contribution < 1.29 is 4.74 Å². The van der Waals surface area contributed by atoms with Crippen LogP contribution in [-0.4, -0.2) is 29.0 Å². The van der Waals surface area contributed by atoms with E-state index in [1.54, 1.807) is 0 Å². The second-order valence-corrected chi connectivity index (χ2v) is 4.43. The summed E-state index contributed by atoms with van der Waals surface area (Å²) in [6, 6.07) is 0. The van der Waals surface area contributed by atoms with Gasteiger partial charge in [0.05, 0.1) is 12.3 Å². The molecule has 0 saturated carbocycles. The molecule has 0 bridgehead atoms. The fourth-order valence-electron chi connectivity index (χ4n) is 2.18. The molecule has 0 aliphatic carbocycles. The van der Waals surface area contributed by atoms with Crippen LogP contribution < -0.4 is 5.73 Å². The van der Waals surface area contributed by atoms with Gasteiger partial charge in [0.2, 0.25) is 0 Å². The fourth-order valence-corrected chi connectivity index (χ4v) is 2.18. The Hall–Kier alpha value is -0.870. The number of nitrogens with two attached hydrogens (primary N) is 1. The fraction of sp³-hybridized carbons (Fsp3) is 0.750. The highest BCUT2D eigenvalue weighted by Crippen LogP contribution is 2.17. The molecule has 1 aromatic heterocycles. The third kappa shape index (κ3) is 3.32. The highest BCUT2D eigenvalue weighted by molar-refractivity contribution is 5.03. The Morgan fingerprint density at radius 1 is 1.56 bits per heavy atom. The molecule has 1 saturated heterocycles. The summed E-state index contributed by atoms with van der Waals surface area (Å²) in [5.74, 6) is 0. The van der Waals surface area contributed by atoms with Gasteiger partial charge in [0.1, 0.15) is 0 Å². The molecule has 2 heterocycles. The van der Waals surface area contributed by atoms with Crippen molar-refractivity contribution in [2.24, 2.45) is 5.73 Å². The van der Waals surface area contributed by atoms with Crippen molar-refractivity contribution in [1.29, 1.82) is 0 Å². The van der Waals surface area contributed by atoms with Crippen LogP contribution >= 0.6 is 0 Å². The third-order valence-electron chi connectivity index (χ3n) is 3.06. The first-order chi connectivity index (χ1) is 7.88. The quantitative estimate of drug-likeness (QED) is 0.792. The monoisotopic (exact) mass is 223 g/mol. The first-order valence-corrected chi connectivity index (χ1v) is 6.21. The maximum atomic E-state index is 5.59. The minimum atomic E-state index is 0.499. The number of rotatable bonds is 6. The van der Waals surface area contributed by atoms with Crippen molar-refractivity contribution in [2.75, 3.05) is 13.2 Å². The van der Waals surface area contributed by atoms with Gasteiger partial charge in [-0.15, -0.1) is 0 Å². The zero-order chi connectivity index (χ0) is 11.2. The zero-order valence-electron chi connectivity index (χ0n) is 9.77. The summed E-state index contributed by atoms with van der Waals surface area (Å²) in [6.45, 7) is 2.64. The SMILES string of the molecule is NCCc1cnn(CCCC2CCCO2)c1. The van der Waals surface area contributed by atoms with Crippen LogP contribution in [0.25, 0.3) is 0 Å². The Morgan fingerprint density at radius 2 is 2.50 bits per heavy atom. The predicted molar refractivity (Wildman–Crippen MR) is 63.2 cm³/mol. The molecule has 90 valence electrons. The van der Waals surface area contributed by atoms with Crippen LogP contribution in [0.4, 0.5) is 0 Å². The molecule has 1 aliphatic heterocycles. The molecular weight excluding hydrogens is 202 g/mol. The average Bonchev–Trinajstić information content (AvgIpc) is 2.90. The van der Waals surface area contributed by atoms with Crippen LogP contribution in [-0.2, 0) is 17.7 Å². The number of aryl methyl sites for hydroxylation is 1. The minimum Gasteiger partial charge on any atom is -0.378 e. The van der Waals surface area contributed by atoms with Gasteiger partial charge in [-0.1, -0.05) is 0 Å². The second-order valence-electron chi connectivity index (χ2n) is 4.43. The Morgan fingerprint density at radius 3 is 3.25 bits per heavy atom. The summed E-state index contributed by atoms with van der Waals surface area (Å²) in [5.41, 5.74) is 6.73. The van der Waals surface area contributed by atoms with Gasteiger partial charge in [0.25, 0.3) is 0 Å². The largest absolute Gasteiger partial charge is 0.378 e. The molecule has 1 aromatic rings. The van der Waals surface area contributed by atoms with Gasteiger partial charge in [-0.25, -0.2) is 0 Å². The van der Waals surface area contributed by atoms with Gasteiger partial charge in [0.15, 0.2) is 0 Å². The Bertz CT molecular complexity index is 305. The van der Waals surface area contributed by atoms with Crippen LogP contribution in [0.2, 0.25) is 0 Å². The lowest BCUT2D eigenvalue weighted by Gasteiger charge is -2.08. The van der Waals surface area contributed by atoms with E-state index in [1.807, 2.05) is 10.9 Å². The molecule has 2 N–H and O–H groups in total. The lowest BCUT2D eigenvalue weighted by atomic mass is 10.1. The van der Waals surface area contributed by atoms with E-state index in [2.05, 4.69) is 11.3 Å². The third-order valence-corrected chi connectivity index (χ3v) is 3.06. The summed E-state index contributed by atoms with van der Waals surface area (Å²) in [5, 5.41) is 4.32. The van der Waals surface area contributed by atoms with Crippen molar-refractivity contribution >= 4 is 0 Å². The number of hydrogen-bond donors (Lipinski definition) is 1. The van der Waals surface area contributed by atoms with Crippen molar-refractivity contribution in [3.8, 4) is 0 Å². The summed E-state index contributed by atoms with van der Waals surface area (Å²) in [7, 11) is 0. The van der Waals surface area contributed by atoms with Crippen LogP contribution in [0.5, 0.6) is 0 Å². The highest BCUT2D eigenvalue weighted by atomic mass is 16.5. The van der Waals surface area contributed by atoms with Crippen molar-refractivity contribution in [3.05, 3.63) is 18.0 Å². The Labute approximate surface area is 96.8 Å². The normalized spacial score (nSPS) is 20.4. The molecule has 16 heavy (non-hydrogen) atoms. The summed E-state index contributed by atoms with van der Waals surface area (Å²) in [4.78, 5) is 0. The summed E-state index contributed by atoms with van der Waals surface area (Å²) in [6.07, 6.45) is 10.2. The second kappa shape index (κ2) is 6.01. The topological polar surface area (TPSA) is 53.1 Å². The number of hydrogen-bond acceptors (Lipinski definition) is 3. The first-order valence-electron chi connectivity index (χ1n) is 6.21. The van der Waals surface area contributed by atoms with Crippen molar-refractivity contribution in [2.45, 2.75) is 44.8 Å². The highest BCUT2D eigenvalue weighted by Gasteiger charge is 2.14. The summed E-state index contributed by atoms with van der Waals surface area (Å²) >= 11 is 0. The maximum Gasteiger partial charge on any atom is 0.0576 e. The Balaban J connectivity index is 1.67. The molecule has 0 aromatic carbocycles. The molecule has 1 fully saturated rings. The van der Waals surface area contributed by atoms with Gasteiger partial charge < -0.3 is 10.5 Å². The zero-order valence-corrected chi connectivity index (χ0v) is 9.77. The number of ether oxygens (including phenoxy) is 1. The molecule has 1 atom stereocenters. The van der Waals surface area contributed by atoms with E-state index < -0.39 is 0 Å². The van der Waals surface area contributed by atoms with E-state index >= 15 is 0 Å². The number of nitrogens with zero attached hydrogens (tertiary/aromatic N) is 2. The van der Waals surface area contributed by atoms with Crippen LogP contribution in [0.3, 0.4) is 0 Å². The number of aromatic nitrogens is 2. The smallest absolute Gasteiger partial charge is 0.0576 e. The van der Waals surface area contributed by atoms with Gasteiger partial charge in [-0.3, -0.25) is 4.68 Å². The standard InChI is InChI=1S/C12H21N3O/c13-6-5-11-9-14-15(10-11)7-1-3-12-4-2-8-16-12/h9-10,12H,1-8,13H2. The van der Waals surface area contributed by atoms with E-state index in [4.69, 9.17) is 10.5 Å². The average molecular weight is 223 g/mol. The molecule has 0 spiro atoms. The van der Waals surface area contributed by atoms with Gasteiger partial charge in [0, 0.05) is 19.3 Å². The molecule has 4 heteroatoms. The van der Waals surface area contributed by atoms with Crippen LogP contribution in [0.1, 0.15) is 31.2 Å². The van der Waals surface area contributed by atoms with Crippen molar-refractivity contribution in [1.82, 2.24) is 9.78 Å². The van der Waals surface area contributed by atoms with Gasteiger partial charge in [-0.2, -0.15) is 5.10 Å². The molecule has 0 amide bonds.